The maximum Gasteiger partial charge on any atom is 0.303 e. The van der Waals surface area contributed by atoms with Crippen LogP contribution in [-0.2, 0) is 25.7 Å². The highest BCUT2D eigenvalue weighted by atomic mass is 32.2. The Hall–Kier alpha value is -4.74. The molecule has 1 fully saturated rings. The zero-order valence-corrected chi connectivity index (χ0v) is 27.8. The number of carbonyl (C=O) groups excluding carboxylic acids is 1. The first-order valence-corrected chi connectivity index (χ1v) is 17.2. The lowest BCUT2D eigenvalue weighted by Gasteiger charge is -2.41. The van der Waals surface area contributed by atoms with Gasteiger partial charge in [-0.25, -0.2) is 4.98 Å². The molecule has 0 spiro atoms. The minimum atomic E-state index is -0.931. The van der Waals surface area contributed by atoms with Gasteiger partial charge in [0.1, 0.15) is 5.69 Å². The molecule has 0 aliphatic carbocycles. The molecule has 4 aromatic carbocycles. The minimum absolute atomic E-state index is 0.0483. The van der Waals surface area contributed by atoms with Gasteiger partial charge in [-0.15, -0.1) is 0 Å². The quantitative estimate of drug-likeness (QED) is 0.105. The summed E-state index contributed by atoms with van der Waals surface area (Å²) in [5.41, 5.74) is 5.76. The van der Waals surface area contributed by atoms with Crippen LogP contribution in [0.4, 0.5) is 5.69 Å². The molecule has 252 valence electrons. The van der Waals surface area contributed by atoms with E-state index in [4.69, 9.17) is 24.0 Å². The Kier molecular flexibility index (Phi) is 11.2. The van der Waals surface area contributed by atoms with Crippen molar-refractivity contribution in [1.29, 1.82) is 0 Å². The third kappa shape index (κ3) is 8.65. The van der Waals surface area contributed by atoms with Crippen LogP contribution in [0.25, 0.3) is 22.6 Å². The number of anilines is 1. The van der Waals surface area contributed by atoms with Crippen molar-refractivity contribution in [2.75, 3.05) is 11.1 Å². The molecule has 1 amide bonds. The van der Waals surface area contributed by atoms with Crippen molar-refractivity contribution >= 4 is 29.3 Å². The van der Waals surface area contributed by atoms with Crippen molar-refractivity contribution in [3.8, 4) is 22.6 Å². The summed E-state index contributed by atoms with van der Waals surface area (Å²) in [5.74, 6) is -0.00557. The van der Waals surface area contributed by atoms with Crippen LogP contribution in [0.2, 0.25) is 0 Å². The van der Waals surface area contributed by atoms with Crippen LogP contribution in [0.1, 0.15) is 55.3 Å². The molecular weight excluding hydrogens is 641 g/mol. The molecule has 3 N–H and O–H groups in total. The first-order valence-electron chi connectivity index (χ1n) is 16.2. The Morgan fingerprint density at radius 2 is 1.55 bits per heavy atom. The van der Waals surface area contributed by atoms with E-state index in [1.807, 2.05) is 103 Å². The van der Waals surface area contributed by atoms with E-state index in [2.05, 4.69) is 12.2 Å². The molecule has 1 aromatic heterocycles. The molecule has 6 rings (SSSR count). The number of aliphatic hydroxyl groups excluding tert-OH is 1. The van der Waals surface area contributed by atoms with Gasteiger partial charge in [0.25, 0.3) is 5.22 Å². The van der Waals surface area contributed by atoms with Crippen LogP contribution >= 0.6 is 11.8 Å². The molecule has 10 heteroatoms. The Balaban J connectivity index is 1.24. The summed E-state index contributed by atoms with van der Waals surface area (Å²) >= 11 is 1.49. The first-order chi connectivity index (χ1) is 23.9. The lowest BCUT2D eigenvalue weighted by atomic mass is 9.91. The number of hydrogen-bond acceptors (Lipinski definition) is 8. The lowest BCUT2D eigenvalue weighted by molar-refractivity contribution is -0.268. The Morgan fingerprint density at radius 3 is 2.24 bits per heavy atom. The molecule has 1 saturated heterocycles. The average molecular weight is 679 g/mol. The summed E-state index contributed by atoms with van der Waals surface area (Å²) in [6, 6.07) is 35.0. The molecule has 0 bridgehead atoms. The fraction of sp³-hybridized carbons (Fsp3) is 0.256. The molecule has 1 aliphatic rings. The number of nitrogens with zero attached hydrogens (tertiary/aromatic N) is 1. The highest BCUT2D eigenvalue weighted by Crippen LogP contribution is 2.44. The molecule has 0 saturated carbocycles. The summed E-state index contributed by atoms with van der Waals surface area (Å²) in [6.45, 7) is 2.05. The van der Waals surface area contributed by atoms with E-state index in [0.29, 0.717) is 22.4 Å². The number of aliphatic hydroxyl groups is 1. The van der Waals surface area contributed by atoms with Gasteiger partial charge < -0.3 is 29.4 Å². The van der Waals surface area contributed by atoms with Gasteiger partial charge in [0.15, 0.2) is 12.1 Å². The van der Waals surface area contributed by atoms with Crippen LogP contribution in [-0.4, -0.2) is 38.9 Å². The van der Waals surface area contributed by atoms with Crippen molar-refractivity contribution < 1.29 is 33.7 Å². The Bertz CT molecular complexity index is 1790. The zero-order chi connectivity index (χ0) is 34.2. The Labute approximate surface area is 289 Å². The molecule has 0 unspecified atom stereocenters. The molecular formula is C39H38N2O7S. The number of carboxylic acid groups (broad SMARTS) is 1. The maximum atomic E-state index is 12.5. The van der Waals surface area contributed by atoms with E-state index in [9.17, 15) is 14.7 Å². The van der Waals surface area contributed by atoms with Crippen LogP contribution in [0.15, 0.2) is 119 Å². The van der Waals surface area contributed by atoms with E-state index in [-0.39, 0.29) is 49.9 Å². The first kappa shape index (κ1) is 34.1. The summed E-state index contributed by atoms with van der Waals surface area (Å²) < 4.78 is 19.6. The van der Waals surface area contributed by atoms with Crippen LogP contribution in [0.5, 0.6) is 0 Å². The normalized spacial score (nSPS) is 19.0. The third-order valence-electron chi connectivity index (χ3n) is 8.42. The molecule has 2 heterocycles. The van der Waals surface area contributed by atoms with Gasteiger partial charge in [0.05, 0.1) is 18.8 Å². The second-order valence-corrected chi connectivity index (χ2v) is 12.9. The number of benzene rings is 4. The summed E-state index contributed by atoms with van der Waals surface area (Å²) in [7, 11) is 0. The van der Waals surface area contributed by atoms with E-state index < -0.39 is 12.3 Å². The third-order valence-corrected chi connectivity index (χ3v) is 9.34. The minimum Gasteiger partial charge on any atom is -0.481 e. The number of aromatic nitrogens is 1. The topological polar surface area (TPSA) is 131 Å². The number of ether oxygens (including phenoxy) is 2. The van der Waals surface area contributed by atoms with Gasteiger partial charge in [0, 0.05) is 46.9 Å². The fourth-order valence-electron chi connectivity index (χ4n) is 5.79. The second kappa shape index (κ2) is 16.1. The predicted molar refractivity (Wildman–Crippen MR) is 188 cm³/mol. The van der Waals surface area contributed by atoms with E-state index in [1.165, 1.54) is 11.8 Å². The number of aliphatic carboxylic acids is 1. The highest BCUT2D eigenvalue weighted by molar-refractivity contribution is 7.99. The summed E-state index contributed by atoms with van der Waals surface area (Å²) in [5, 5.41) is 21.9. The molecule has 49 heavy (non-hydrogen) atoms. The number of amides is 1. The number of thioether (sulfide) groups is 1. The van der Waals surface area contributed by atoms with E-state index in [0.717, 1.165) is 33.5 Å². The average Bonchev–Trinajstić information content (AvgIpc) is 3.56. The molecule has 9 nitrogen and oxygen atoms in total. The van der Waals surface area contributed by atoms with Crippen molar-refractivity contribution in [3.05, 3.63) is 126 Å². The number of carboxylic acids is 1. The number of oxazole rings is 1. The number of rotatable bonds is 13. The van der Waals surface area contributed by atoms with Crippen molar-refractivity contribution in [2.45, 2.75) is 56.5 Å². The number of carbonyl (C=O) groups is 2. The largest absolute Gasteiger partial charge is 0.481 e. The lowest BCUT2D eigenvalue weighted by Crippen LogP contribution is -2.38. The highest BCUT2D eigenvalue weighted by Gasteiger charge is 2.39. The van der Waals surface area contributed by atoms with Gasteiger partial charge in [-0.05, 0) is 29.7 Å². The van der Waals surface area contributed by atoms with E-state index >= 15 is 0 Å². The van der Waals surface area contributed by atoms with Crippen LogP contribution in [0, 0.1) is 5.92 Å². The zero-order valence-electron chi connectivity index (χ0n) is 27.0. The molecule has 0 radical (unpaired) electrons. The van der Waals surface area contributed by atoms with Gasteiger partial charge in [-0.2, -0.15) is 0 Å². The predicted octanol–water partition coefficient (Wildman–Crippen LogP) is 8.28. The van der Waals surface area contributed by atoms with Crippen molar-refractivity contribution in [2.24, 2.45) is 5.92 Å². The Morgan fingerprint density at radius 1 is 0.837 bits per heavy atom. The van der Waals surface area contributed by atoms with Gasteiger partial charge in [-0.1, -0.05) is 116 Å². The molecule has 1 aliphatic heterocycles. The van der Waals surface area contributed by atoms with Crippen molar-refractivity contribution in [1.82, 2.24) is 4.98 Å². The number of nitrogens with one attached hydrogen (secondary N) is 1. The van der Waals surface area contributed by atoms with Crippen LogP contribution < -0.4 is 5.32 Å². The van der Waals surface area contributed by atoms with Gasteiger partial charge in [0.2, 0.25) is 5.91 Å². The SMILES string of the molecule is C[C@@H]1[C@H](CSc2nc(-c3ccccc3)c(-c3ccccc3)o2)O[C@H](c2cccc(NC(=O)CCCC(=O)O)c2)O[C@@H]1c1ccc(CO)cc1. The van der Waals surface area contributed by atoms with Gasteiger partial charge in [-0.3, -0.25) is 9.59 Å². The monoisotopic (exact) mass is 678 g/mol. The second-order valence-electron chi connectivity index (χ2n) is 11.9. The fourth-order valence-corrected chi connectivity index (χ4v) is 6.78. The summed E-state index contributed by atoms with van der Waals surface area (Å²) in [6.07, 6.45) is -1.03. The maximum absolute atomic E-state index is 12.5. The van der Waals surface area contributed by atoms with Crippen molar-refractivity contribution in [3.63, 3.8) is 0 Å². The van der Waals surface area contributed by atoms with E-state index in [1.54, 1.807) is 6.07 Å². The summed E-state index contributed by atoms with van der Waals surface area (Å²) in [4.78, 5) is 28.3. The molecule has 5 aromatic rings. The van der Waals surface area contributed by atoms with Gasteiger partial charge >= 0.3 is 5.97 Å². The smallest absolute Gasteiger partial charge is 0.303 e. The standard InChI is InChI=1S/C39H38N2O7S/c1-25-32(24-49-39-41-35(27-10-4-2-5-11-27)37(48-39)28-12-6-3-7-13-28)46-38(47-36(25)29-20-18-26(23-42)19-21-29)30-14-8-15-31(22-30)40-33(43)16-9-17-34(44)45/h2-8,10-15,18-22,25,32,36,38,42H,9,16-17,23-24H2,1H3,(H,40,43)(H,44,45)/t25-,32+,36+,38+/m1/s1. The molecule has 4 atom stereocenters. The van der Waals surface area contributed by atoms with Crippen LogP contribution in [0.3, 0.4) is 0 Å². The number of hydrogen-bond donors (Lipinski definition) is 3.